The molecule has 1 heterocycles. The van der Waals surface area contributed by atoms with Crippen molar-refractivity contribution in [2.24, 2.45) is 0 Å². The summed E-state index contributed by atoms with van der Waals surface area (Å²) in [5, 5.41) is 20.0. The van der Waals surface area contributed by atoms with Crippen LogP contribution in [0, 0.1) is 0 Å². The number of phenolic OH excluding ortho intramolecular Hbond substituents is 1. The van der Waals surface area contributed by atoms with Gasteiger partial charge in [0.05, 0.1) is 12.0 Å². The number of hydrogen-bond donors (Lipinski definition) is 4. The first-order valence-electron chi connectivity index (χ1n) is 10.7. The van der Waals surface area contributed by atoms with Crippen LogP contribution in [0.1, 0.15) is 16.7 Å². The minimum atomic E-state index is -4.05. The van der Waals surface area contributed by atoms with E-state index in [4.69, 9.17) is 0 Å². The fourth-order valence-corrected chi connectivity index (χ4v) is 6.35. The molecule has 0 spiro atoms. The molecule has 3 aromatic rings. The molecule has 4 rings (SSSR count). The molecule has 11 heteroatoms. The molecule has 0 aliphatic carbocycles. The molecule has 0 saturated carbocycles. The van der Waals surface area contributed by atoms with Crippen LogP contribution in [-0.4, -0.2) is 33.1 Å². The minimum Gasteiger partial charge on any atom is -0.506 e. The number of aromatic hydroxyl groups is 1. The van der Waals surface area contributed by atoms with Gasteiger partial charge in [-0.05, 0) is 41.7 Å². The van der Waals surface area contributed by atoms with Gasteiger partial charge >= 0.3 is 10.2 Å². The van der Waals surface area contributed by atoms with E-state index < -0.39 is 32.2 Å². The van der Waals surface area contributed by atoms with Crippen LogP contribution < -0.4 is 13.7 Å². The molecule has 1 atom stereocenters. The Bertz CT molecular complexity index is 1430. The third-order valence-electron chi connectivity index (χ3n) is 5.36. The van der Waals surface area contributed by atoms with Crippen molar-refractivity contribution in [2.45, 2.75) is 24.6 Å². The number of anilines is 1. The van der Waals surface area contributed by atoms with Crippen molar-refractivity contribution in [2.75, 3.05) is 4.31 Å². The van der Waals surface area contributed by atoms with Crippen molar-refractivity contribution in [3.05, 3.63) is 108 Å². The van der Waals surface area contributed by atoms with Gasteiger partial charge in [0.15, 0.2) is 0 Å². The number of nitrogens with zero attached hydrogens (tertiary/aromatic N) is 1. The maximum Gasteiger partial charge on any atom is 0.330 e. The Morgan fingerprint density at radius 2 is 1.46 bits per heavy atom. The Morgan fingerprint density at radius 1 is 0.857 bits per heavy atom. The first-order valence-corrected chi connectivity index (χ1v) is 13.8. The van der Waals surface area contributed by atoms with E-state index in [1.807, 2.05) is 41.1 Å². The fraction of sp³-hybridized carbons (Fsp3) is 0.167. The highest BCUT2D eigenvalue weighted by Gasteiger charge is 2.30. The van der Waals surface area contributed by atoms with Crippen LogP contribution in [0.3, 0.4) is 0 Å². The minimum absolute atomic E-state index is 0.0467. The van der Waals surface area contributed by atoms with Gasteiger partial charge in [-0.2, -0.15) is 8.42 Å². The maximum absolute atomic E-state index is 12.9. The molecule has 1 aliphatic heterocycles. The standard InChI is InChI=1S/C24H25N3O6S2/c28-23-15-20(11-12-22(23)27-16-24(29)26-35(27,32)33)14-21(13-18-7-3-1-4-8-18)25-34(30,31)17-19-9-5-2-6-10-19/h1-12,15-16,21,25-26,28-29H,13-14,17H2/t21-/m0/s1. The van der Waals surface area contributed by atoms with E-state index in [0.29, 0.717) is 17.5 Å². The van der Waals surface area contributed by atoms with Gasteiger partial charge in [0, 0.05) is 6.04 Å². The zero-order valence-electron chi connectivity index (χ0n) is 18.6. The van der Waals surface area contributed by atoms with E-state index in [1.54, 1.807) is 30.3 Å². The van der Waals surface area contributed by atoms with E-state index in [-0.39, 0.29) is 23.6 Å². The normalized spacial score (nSPS) is 15.9. The van der Waals surface area contributed by atoms with Gasteiger partial charge in [-0.1, -0.05) is 66.7 Å². The summed E-state index contributed by atoms with van der Waals surface area (Å²) in [5.41, 5.74) is 2.16. The summed E-state index contributed by atoms with van der Waals surface area (Å²) in [6.07, 6.45) is 1.61. The highest BCUT2D eigenvalue weighted by atomic mass is 32.2. The van der Waals surface area contributed by atoms with Gasteiger partial charge in [0.1, 0.15) is 11.4 Å². The SMILES string of the molecule is O=S(=O)(Cc1ccccc1)N[C@@H](Cc1ccccc1)Cc1ccc(N2C=C(O)NS2(=O)=O)c(O)c1. The fourth-order valence-electron chi connectivity index (χ4n) is 3.90. The molecule has 0 unspecified atom stereocenters. The van der Waals surface area contributed by atoms with Gasteiger partial charge in [-0.3, -0.25) is 0 Å². The maximum atomic E-state index is 12.9. The van der Waals surface area contributed by atoms with Crippen LogP contribution >= 0.6 is 0 Å². The number of aliphatic hydroxyl groups is 1. The monoisotopic (exact) mass is 515 g/mol. The molecular weight excluding hydrogens is 490 g/mol. The summed E-state index contributed by atoms with van der Waals surface area (Å²) >= 11 is 0. The largest absolute Gasteiger partial charge is 0.506 e. The second-order valence-electron chi connectivity index (χ2n) is 8.19. The van der Waals surface area contributed by atoms with E-state index in [1.165, 1.54) is 12.1 Å². The second-order valence-corrected chi connectivity index (χ2v) is 11.5. The Hall–Kier alpha value is -3.54. The van der Waals surface area contributed by atoms with Gasteiger partial charge in [0.2, 0.25) is 15.9 Å². The third kappa shape index (κ3) is 6.32. The average Bonchev–Trinajstić information content (AvgIpc) is 3.06. The molecule has 4 N–H and O–H groups in total. The lowest BCUT2D eigenvalue weighted by Crippen LogP contribution is -2.38. The van der Waals surface area contributed by atoms with Crippen LogP contribution in [0.25, 0.3) is 0 Å². The summed E-state index contributed by atoms with van der Waals surface area (Å²) in [6, 6.07) is 22.2. The highest BCUT2D eigenvalue weighted by molar-refractivity contribution is 7.91. The van der Waals surface area contributed by atoms with Gasteiger partial charge < -0.3 is 10.2 Å². The van der Waals surface area contributed by atoms with Gasteiger partial charge in [0.25, 0.3) is 0 Å². The molecular formula is C24H25N3O6S2. The van der Waals surface area contributed by atoms with Crippen LogP contribution in [0.15, 0.2) is 90.9 Å². The Morgan fingerprint density at radius 3 is 2.03 bits per heavy atom. The predicted molar refractivity (Wildman–Crippen MR) is 133 cm³/mol. The summed E-state index contributed by atoms with van der Waals surface area (Å²) in [5.74, 6) is -1.06. The Balaban J connectivity index is 1.56. The number of phenols is 1. The first kappa shape index (κ1) is 24.6. The lowest BCUT2D eigenvalue weighted by Gasteiger charge is -2.21. The van der Waals surface area contributed by atoms with Gasteiger partial charge in [-0.15, -0.1) is 0 Å². The smallest absolute Gasteiger partial charge is 0.330 e. The van der Waals surface area contributed by atoms with Crippen molar-refractivity contribution in [1.82, 2.24) is 9.44 Å². The van der Waals surface area contributed by atoms with Crippen molar-refractivity contribution in [1.29, 1.82) is 0 Å². The number of hydrogen-bond acceptors (Lipinski definition) is 6. The number of benzene rings is 3. The number of nitrogens with one attached hydrogen (secondary N) is 2. The van der Waals surface area contributed by atoms with Crippen LogP contribution in [0.5, 0.6) is 5.75 Å². The summed E-state index contributed by atoms with van der Waals surface area (Å²) in [6.45, 7) is 0. The van der Waals surface area contributed by atoms with Crippen LogP contribution in [-0.2, 0) is 38.8 Å². The summed E-state index contributed by atoms with van der Waals surface area (Å²) in [7, 11) is -7.72. The molecule has 0 amide bonds. The van der Waals surface area contributed by atoms with Crippen LogP contribution in [0.4, 0.5) is 5.69 Å². The van der Waals surface area contributed by atoms with E-state index in [9.17, 15) is 27.0 Å². The third-order valence-corrected chi connectivity index (χ3v) is 8.05. The second kappa shape index (κ2) is 9.98. The van der Waals surface area contributed by atoms with E-state index in [0.717, 1.165) is 16.1 Å². The topological polar surface area (TPSA) is 136 Å². The molecule has 0 fully saturated rings. The molecule has 35 heavy (non-hydrogen) atoms. The molecule has 0 aromatic heterocycles. The number of sulfonamides is 1. The first-order chi connectivity index (χ1) is 16.6. The lowest BCUT2D eigenvalue weighted by molar-refractivity contribution is 0.392. The molecule has 184 valence electrons. The quantitative estimate of drug-likeness (QED) is 0.346. The molecule has 1 aliphatic rings. The van der Waals surface area contributed by atoms with Gasteiger partial charge in [-0.25, -0.2) is 22.2 Å². The van der Waals surface area contributed by atoms with E-state index >= 15 is 0 Å². The Labute approximate surface area is 204 Å². The number of aliphatic hydroxyl groups excluding tert-OH is 1. The number of rotatable bonds is 9. The van der Waals surface area contributed by atoms with Crippen LogP contribution in [0.2, 0.25) is 0 Å². The highest BCUT2D eigenvalue weighted by Crippen LogP contribution is 2.33. The molecule has 0 bridgehead atoms. The zero-order valence-corrected chi connectivity index (χ0v) is 20.2. The van der Waals surface area contributed by atoms with Crippen molar-refractivity contribution < 1.29 is 27.0 Å². The van der Waals surface area contributed by atoms with Crippen molar-refractivity contribution >= 4 is 25.9 Å². The Kier molecular flexibility index (Phi) is 7.01. The average molecular weight is 516 g/mol. The molecule has 9 nitrogen and oxygen atoms in total. The summed E-state index contributed by atoms with van der Waals surface area (Å²) < 4.78 is 55.5. The molecule has 0 saturated heterocycles. The van der Waals surface area contributed by atoms with E-state index in [2.05, 4.69) is 4.72 Å². The lowest BCUT2D eigenvalue weighted by atomic mass is 9.99. The summed E-state index contributed by atoms with van der Waals surface area (Å²) in [4.78, 5) is 0. The molecule has 3 aromatic carbocycles. The van der Waals surface area contributed by atoms with Crippen molar-refractivity contribution in [3.8, 4) is 5.75 Å². The zero-order chi connectivity index (χ0) is 25.1. The predicted octanol–water partition coefficient (Wildman–Crippen LogP) is 2.68. The molecule has 0 radical (unpaired) electrons. The van der Waals surface area contributed by atoms with Crippen molar-refractivity contribution in [3.63, 3.8) is 0 Å².